The Bertz CT molecular complexity index is 764. The summed E-state index contributed by atoms with van der Waals surface area (Å²) in [5.41, 5.74) is 2.21. The zero-order valence-corrected chi connectivity index (χ0v) is 15.3. The van der Waals surface area contributed by atoms with Gasteiger partial charge in [0.1, 0.15) is 5.01 Å². The van der Waals surface area contributed by atoms with E-state index in [1.807, 2.05) is 31.5 Å². The van der Waals surface area contributed by atoms with Gasteiger partial charge < -0.3 is 5.32 Å². The molecule has 0 aliphatic carbocycles. The number of rotatable bonds is 7. The van der Waals surface area contributed by atoms with E-state index in [0.29, 0.717) is 6.42 Å². The summed E-state index contributed by atoms with van der Waals surface area (Å²) in [5, 5.41) is 14.5. The third-order valence-electron chi connectivity index (χ3n) is 3.75. The average Bonchev–Trinajstić information content (AvgIpc) is 3.29. The highest BCUT2D eigenvalue weighted by Gasteiger charge is 2.20. The van der Waals surface area contributed by atoms with Crippen molar-refractivity contribution >= 4 is 28.6 Å². The molecule has 24 heavy (non-hydrogen) atoms. The summed E-state index contributed by atoms with van der Waals surface area (Å²) in [7, 11) is 0. The van der Waals surface area contributed by atoms with E-state index in [9.17, 15) is 4.79 Å². The SMILES string of the molecule is Cc1csc([C@@H](Cc2ccsc2)NC(=O)C[C@@H](C)n2cccn2)n1. The van der Waals surface area contributed by atoms with Gasteiger partial charge >= 0.3 is 0 Å². The van der Waals surface area contributed by atoms with Gasteiger partial charge in [-0.25, -0.2) is 4.98 Å². The molecule has 0 unspecified atom stereocenters. The molecule has 7 heteroatoms. The van der Waals surface area contributed by atoms with Gasteiger partial charge in [-0.05, 0) is 42.3 Å². The van der Waals surface area contributed by atoms with Gasteiger partial charge in [0, 0.05) is 36.3 Å². The molecule has 0 fully saturated rings. The highest BCUT2D eigenvalue weighted by atomic mass is 32.1. The van der Waals surface area contributed by atoms with Crippen molar-refractivity contribution < 1.29 is 4.79 Å². The predicted octanol–water partition coefficient (Wildman–Crippen LogP) is 3.76. The summed E-state index contributed by atoms with van der Waals surface area (Å²) in [6, 6.07) is 3.90. The van der Waals surface area contributed by atoms with Crippen LogP contribution < -0.4 is 5.32 Å². The fraction of sp³-hybridized carbons (Fsp3) is 0.353. The van der Waals surface area contributed by atoms with E-state index in [4.69, 9.17) is 0 Å². The summed E-state index contributed by atoms with van der Waals surface area (Å²) >= 11 is 3.27. The zero-order chi connectivity index (χ0) is 16.9. The molecule has 0 bridgehead atoms. The minimum Gasteiger partial charge on any atom is -0.346 e. The average molecular weight is 361 g/mol. The first-order valence-corrected chi connectivity index (χ1v) is 9.65. The van der Waals surface area contributed by atoms with Crippen LogP contribution in [0.1, 0.15) is 41.7 Å². The molecule has 1 N–H and O–H groups in total. The molecular formula is C17H20N4OS2. The van der Waals surface area contributed by atoms with Crippen molar-refractivity contribution in [2.75, 3.05) is 0 Å². The van der Waals surface area contributed by atoms with Gasteiger partial charge in [0.25, 0.3) is 0 Å². The summed E-state index contributed by atoms with van der Waals surface area (Å²) < 4.78 is 1.81. The number of aromatic nitrogens is 3. The van der Waals surface area contributed by atoms with Gasteiger partial charge in [0.2, 0.25) is 5.91 Å². The van der Waals surface area contributed by atoms with Crippen LogP contribution >= 0.6 is 22.7 Å². The van der Waals surface area contributed by atoms with Crippen molar-refractivity contribution in [1.82, 2.24) is 20.1 Å². The summed E-state index contributed by atoms with van der Waals surface area (Å²) in [5.74, 6) is 0.0195. The van der Waals surface area contributed by atoms with Crippen LogP contribution in [-0.4, -0.2) is 20.7 Å². The van der Waals surface area contributed by atoms with Crippen LogP contribution in [0.15, 0.2) is 40.7 Å². The molecule has 0 saturated heterocycles. The monoisotopic (exact) mass is 360 g/mol. The van der Waals surface area contributed by atoms with Gasteiger partial charge in [0.05, 0.1) is 12.1 Å². The number of nitrogens with one attached hydrogen (secondary N) is 1. The number of thiazole rings is 1. The molecule has 0 aromatic carbocycles. The molecular weight excluding hydrogens is 340 g/mol. The molecule has 0 saturated carbocycles. The Morgan fingerprint density at radius 3 is 2.92 bits per heavy atom. The van der Waals surface area contributed by atoms with Crippen LogP contribution in [0.25, 0.3) is 0 Å². The lowest BCUT2D eigenvalue weighted by atomic mass is 10.1. The minimum absolute atomic E-state index is 0.0195. The second kappa shape index (κ2) is 7.72. The topological polar surface area (TPSA) is 59.8 Å². The maximum absolute atomic E-state index is 12.5. The van der Waals surface area contributed by atoms with E-state index in [1.165, 1.54) is 5.56 Å². The largest absolute Gasteiger partial charge is 0.346 e. The molecule has 3 aromatic heterocycles. The van der Waals surface area contributed by atoms with E-state index in [2.05, 4.69) is 32.2 Å². The lowest BCUT2D eigenvalue weighted by Gasteiger charge is -2.18. The number of carbonyl (C=O) groups excluding carboxylic acids is 1. The molecule has 126 valence electrons. The molecule has 3 rings (SSSR count). The number of carbonyl (C=O) groups is 1. The summed E-state index contributed by atoms with van der Waals surface area (Å²) in [6.45, 7) is 3.97. The number of thiophene rings is 1. The molecule has 5 nitrogen and oxygen atoms in total. The van der Waals surface area contributed by atoms with Crippen LogP contribution in [-0.2, 0) is 11.2 Å². The highest BCUT2D eigenvalue weighted by molar-refractivity contribution is 7.09. The Morgan fingerprint density at radius 1 is 1.42 bits per heavy atom. The standard InChI is InChI=1S/C17H20N4OS2/c1-12-10-24-17(19-12)15(9-14-4-7-23-11-14)20-16(22)8-13(2)21-6-3-5-18-21/h3-7,10-11,13,15H,8-9H2,1-2H3,(H,20,22)/t13-,15-/m1/s1. The van der Waals surface area contributed by atoms with Crippen LogP contribution in [0.2, 0.25) is 0 Å². The fourth-order valence-electron chi connectivity index (χ4n) is 2.53. The molecule has 3 heterocycles. The first kappa shape index (κ1) is 16.9. The number of amides is 1. The summed E-state index contributed by atoms with van der Waals surface area (Å²) in [4.78, 5) is 17.1. The minimum atomic E-state index is -0.0874. The van der Waals surface area contributed by atoms with Crippen molar-refractivity contribution in [3.63, 3.8) is 0 Å². The maximum atomic E-state index is 12.5. The normalized spacial score (nSPS) is 13.6. The Kier molecular flexibility index (Phi) is 5.42. The maximum Gasteiger partial charge on any atom is 0.222 e. The number of hydrogen-bond acceptors (Lipinski definition) is 5. The van der Waals surface area contributed by atoms with Crippen LogP contribution in [0, 0.1) is 6.92 Å². The molecule has 2 atom stereocenters. The highest BCUT2D eigenvalue weighted by Crippen LogP contribution is 2.24. The number of nitrogens with zero attached hydrogens (tertiary/aromatic N) is 3. The Balaban J connectivity index is 1.67. The van der Waals surface area contributed by atoms with E-state index in [0.717, 1.165) is 17.1 Å². The van der Waals surface area contributed by atoms with Crippen molar-refractivity contribution in [2.45, 2.75) is 38.8 Å². The van der Waals surface area contributed by atoms with Crippen LogP contribution in [0.3, 0.4) is 0 Å². The van der Waals surface area contributed by atoms with E-state index in [1.54, 1.807) is 33.6 Å². The second-order valence-electron chi connectivity index (χ2n) is 5.82. The van der Waals surface area contributed by atoms with Crippen molar-refractivity contribution in [2.24, 2.45) is 0 Å². The van der Waals surface area contributed by atoms with Crippen LogP contribution in [0.4, 0.5) is 0 Å². The van der Waals surface area contributed by atoms with Gasteiger partial charge in [-0.15, -0.1) is 11.3 Å². The molecule has 0 aliphatic heterocycles. The Hall–Kier alpha value is -1.99. The quantitative estimate of drug-likeness (QED) is 0.698. The van der Waals surface area contributed by atoms with E-state index < -0.39 is 0 Å². The molecule has 1 amide bonds. The van der Waals surface area contributed by atoms with Crippen molar-refractivity contribution in [3.05, 3.63) is 56.9 Å². The fourth-order valence-corrected chi connectivity index (χ4v) is 4.06. The Labute approximate surface area is 149 Å². The summed E-state index contributed by atoms with van der Waals surface area (Å²) in [6.07, 6.45) is 4.77. The second-order valence-corrected chi connectivity index (χ2v) is 7.49. The van der Waals surface area contributed by atoms with Gasteiger partial charge in [-0.3, -0.25) is 9.48 Å². The molecule has 3 aromatic rings. The first-order valence-electron chi connectivity index (χ1n) is 7.83. The van der Waals surface area contributed by atoms with E-state index >= 15 is 0 Å². The lowest BCUT2D eigenvalue weighted by molar-refractivity contribution is -0.122. The van der Waals surface area contributed by atoms with E-state index in [-0.39, 0.29) is 18.0 Å². The van der Waals surface area contributed by atoms with Crippen molar-refractivity contribution in [1.29, 1.82) is 0 Å². The Morgan fingerprint density at radius 2 is 2.29 bits per heavy atom. The van der Waals surface area contributed by atoms with Gasteiger partial charge in [-0.1, -0.05) is 0 Å². The number of hydrogen-bond donors (Lipinski definition) is 1. The first-order chi connectivity index (χ1) is 11.6. The predicted molar refractivity (Wildman–Crippen MR) is 97.3 cm³/mol. The smallest absolute Gasteiger partial charge is 0.222 e. The van der Waals surface area contributed by atoms with Gasteiger partial charge in [-0.2, -0.15) is 16.4 Å². The zero-order valence-electron chi connectivity index (χ0n) is 13.7. The van der Waals surface area contributed by atoms with Crippen LogP contribution in [0.5, 0.6) is 0 Å². The van der Waals surface area contributed by atoms with Crippen molar-refractivity contribution in [3.8, 4) is 0 Å². The lowest BCUT2D eigenvalue weighted by Crippen LogP contribution is -2.31. The molecule has 0 spiro atoms. The molecule has 0 radical (unpaired) electrons. The number of aryl methyl sites for hydroxylation is 1. The third-order valence-corrected chi connectivity index (χ3v) is 5.56. The molecule has 0 aliphatic rings. The third kappa shape index (κ3) is 4.30. The van der Waals surface area contributed by atoms with Gasteiger partial charge in [0.15, 0.2) is 0 Å².